The van der Waals surface area contributed by atoms with Crippen LogP contribution in [0.3, 0.4) is 0 Å². The van der Waals surface area contributed by atoms with E-state index in [1.54, 1.807) is 24.5 Å². The SMILES string of the molecule is O=C(NCc1nc(-c2ccncc2)no1)C1CCCN1. The van der Waals surface area contributed by atoms with Crippen molar-refractivity contribution in [2.75, 3.05) is 6.54 Å². The Labute approximate surface area is 115 Å². The molecule has 0 spiro atoms. The molecule has 104 valence electrons. The molecule has 7 nitrogen and oxygen atoms in total. The standard InChI is InChI=1S/C13H15N5O2/c19-13(10-2-1-5-15-10)16-8-11-17-12(18-20-11)9-3-6-14-7-4-9/h3-4,6-7,10,15H,1-2,5,8H2,(H,16,19). The van der Waals surface area contributed by atoms with Crippen LogP contribution in [-0.4, -0.2) is 33.6 Å². The molecule has 1 atom stereocenters. The molecular weight excluding hydrogens is 258 g/mol. The lowest BCUT2D eigenvalue weighted by Crippen LogP contribution is -2.40. The third-order valence-electron chi connectivity index (χ3n) is 3.20. The smallest absolute Gasteiger partial charge is 0.246 e. The topological polar surface area (TPSA) is 92.9 Å². The van der Waals surface area contributed by atoms with Crippen molar-refractivity contribution in [3.05, 3.63) is 30.4 Å². The van der Waals surface area contributed by atoms with Crippen molar-refractivity contribution in [3.63, 3.8) is 0 Å². The molecule has 2 aromatic heterocycles. The summed E-state index contributed by atoms with van der Waals surface area (Å²) in [4.78, 5) is 20.0. The second kappa shape index (κ2) is 5.79. The Morgan fingerprint density at radius 2 is 2.30 bits per heavy atom. The summed E-state index contributed by atoms with van der Waals surface area (Å²) in [7, 11) is 0. The molecule has 0 aliphatic carbocycles. The zero-order chi connectivity index (χ0) is 13.8. The number of hydrogen-bond acceptors (Lipinski definition) is 6. The van der Waals surface area contributed by atoms with Crippen molar-refractivity contribution >= 4 is 5.91 Å². The predicted molar refractivity (Wildman–Crippen MR) is 70.4 cm³/mol. The maximum Gasteiger partial charge on any atom is 0.246 e. The molecule has 1 aliphatic rings. The molecule has 0 bridgehead atoms. The zero-order valence-electron chi connectivity index (χ0n) is 10.9. The number of aromatic nitrogens is 3. The summed E-state index contributed by atoms with van der Waals surface area (Å²) in [5, 5.41) is 9.81. The molecule has 0 aromatic carbocycles. The van der Waals surface area contributed by atoms with Crippen molar-refractivity contribution in [2.24, 2.45) is 0 Å². The average Bonchev–Trinajstić information content (AvgIpc) is 3.17. The summed E-state index contributed by atoms with van der Waals surface area (Å²) in [6, 6.07) is 3.50. The number of carbonyl (C=O) groups excluding carboxylic acids is 1. The van der Waals surface area contributed by atoms with Crippen LogP contribution in [0.5, 0.6) is 0 Å². The van der Waals surface area contributed by atoms with E-state index in [4.69, 9.17) is 4.52 Å². The number of hydrogen-bond donors (Lipinski definition) is 2. The van der Waals surface area contributed by atoms with E-state index in [9.17, 15) is 4.79 Å². The molecule has 1 unspecified atom stereocenters. The summed E-state index contributed by atoms with van der Waals surface area (Å²) in [6.45, 7) is 1.14. The minimum absolute atomic E-state index is 0.0221. The van der Waals surface area contributed by atoms with Gasteiger partial charge in [-0.2, -0.15) is 4.98 Å². The number of rotatable bonds is 4. The number of nitrogens with zero attached hydrogens (tertiary/aromatic N) is 3. The molecule has 2 aromatic rings. The van der Waals surface area contributed by atoms with Gasteiger partial charge in [-0.25, -0.2) is 0 Å². The van der Waals surface area contributed by atoms with Gasteiger partial charge in [0.1, 0.15) is 0 Å². The first-order valence-electron chi connectivity index (χ1n) is 6.57. The van der Waals surface area contributed by atoms with E-state index in [1.807, 2.05) is 0 Å². The molecule has 3 heterocycles. The molecule has 1 amide bonds. The minimum Gasteiger partial charge on any atom is -0.346 e. The van der Waals surface area contributed by atoms with Crippen LogP contribution in [0, 0.1) is 0 Å². The van der Waals surface area contributed by atoms with Crippen molar-refractivity contribution in [1.82, 2.24) is 25.8 Å². The maximum absolute atomic E-state index is 11.8. The van der Waals surface area contributed by atoms with Crippen molar-refractivity contribution in [2.45, 2.75) is 25.4 Å². The van der Waals surface area contributed by atoms with Crippen LogP contribution in [0.1, 0.15) is 18.7 Å². The molecule has 0 radical (unpaired) electrons. The highest BCUT2D eigenvalue weighted by atomic mass is 16.5. The van der Waals surface area contributed by atoms with Crippen LogP contribution < -0.4 is 10.6 Å². The lowest BCUT2D eigenvalue weighted by molar-refractivity contribution is -0.123. The van der Waals surface area contributed by atoms with E-state index >= 15 is 0 Å². The average molecular weight is 273 g/mol. The van der Waals surface area contributed by atoms with E-state index in [2.05, 4.69) is 25.8 Å². The van der Waals surface area contributed by atoms with Gasteiger partial charge in [-0.1, -0.05) is 5.16 Å². The Morgan fingerprint density at radius 1 is 1.45 bits per heavy atom. The Balaban J connectivity index is 1.59. The molecule has 3 rings (SSSR count). The first-order valence-corrected chi connectivity index (χ1v) is 6.57. The number of carbonyl (C=O) groups is 1. The van der Waals surface area contributed by atoms with Gasteiger partial charge in [0.05, 0.1) is 12.6 Å². The summed E-state index contributed by atoms with van der Waals surface area (Å²) < 4.78 is 5.12. The Morgan fingerprint density at radius 3 is 3.05 bits per heavy atom. The molecule has 20 heavy (non-hydrogen) atoms. The maximum atomic E-state index is 11.8. The molecule has 1 fully saturated rings. The fourth-order valence-electron chi connectivity index (χ4n) is 2.14. The third kappa shape index (κ3) is 2.83. The molecule has 2 N–H and O–H groups in total. The lowest BCUT2D eigenvalue weighted by Gasteiger charge is -2.08. The van der Waals surface area contributed by atoms with Gasteiger partial charge in [0.15, 0.2) is 0 Å². The predicted octanol–water partition coefficient (Wildman–Crippen LogP) is 0.500. The molecule has 0 saturated carbocycles. The van der Waals surface area contributed by atoms with Crippen LogP contribution in [-0.2, 0) is 11.3 Å². The first kappa shape index (κ1) is 12.7. The van der Waals surface area contributed by atoms with E-state index in [1.165, 1.54) is 0 Å². The lowest BCUT2D eigenvalue weighted by atomic mass is 10.2. The normalized spacial score (nSPS) is 18.1. The fraction of sp³-hybridized carbons (Fsp3) is 0.385. The number of nitrogens with one attached hydrogen (secondary N) is 2. The van der Waals surface area contributed by atoms with Gasteiger partial charge < -0.3 is 15.2 Å². The third-order valence-corrected chi connectivity index (χ3v) is 3.20. The largest absolute Gasteiger partial charge is 0.346 e. The number of amides is 1. The van der Waals surface area contributed by atoms with Crippen LogP contribution in [0.15, 0.2) is 29.0 Å². The highest BCUT2D eigenvalue weighted by molar-refractivity contribution is 5.81. The Kier molecular flexibility index (Phi) is 3.69. The van der Waals surface area contributed by atoms with Crippen LogP contribution in [0.25, 0.3) is 11.4 Å². The fourth-order valence-corrected chi connectivity index (χ4v) is 2.14. The Hall–Kier alpha value is -2.28. The van der Waals surface area contributed by atoms with Crippen LogP contribution in [0.4, 0.5) is 0 Å². The quantitative estimate of drug-likeness (QED) is 0.842. The molecule has 1 aliphatic heterocycles. The molecule has 7 heteroatoms. The minimum atomic E-state index is -0.0995. The molecular formula is C13H15N5O2. The molecule has 1 saturated heterocycles. The number of pyridine rings is 1. The van der Waals surface area contributed by atoms with Gasteiger partial charge in [0.2, 0.25) is 17.6 Å². The van der Waals surface area contributed by atoms with E-state index in [-0.39, 0.29) is 18.5 Å². The summed E-state index contributed by atoms with van der Waals surface area (Å²) in [5.41, 5.74) is 0.832. The second-order valence-corrected chi connectivity index (χ2v) is 4.61. The van der Waals surface area contributed by atoms with Crippen LogP contribution >= 0.6 is 0 Å². The van der Waals surface area contributed by atoms with E-state index in [0.717, 1.165) is 24.9 Å². The van der Waals surface area contributed by atoms with Crippen molar-refractivity contribution in [3.8, 4) is 11.4 Å². The zero-order valence-corrected chi connectivity index (χ0v) is 10.9. The van der Waals surface area contributed by atoms with Gasteiger partial charge >= 0.3 is 0 Å². The van der Waals surface area contributed by atoms with Gasteiger partial charge in [-0.05, 0) is 31.5 Å². The van der Waals surface area contributed by atoms with E-state index < -0.39 is 0 Å². The highest BCUT2D eigenvalue weighted by Crippen LogP contribution is 2.13. The van der Waals surface area contributed by atoms with Crippen molar-refractivity contribution < 1.29 is 9.32 Å². The van der Waals surface area contributed by atoms with Gasteiger partial charge in [0.25, 0.3) is 0 Å². The highest BCUT2D eigenvalue weighted by Gasteiger charge is 2.22. The van der Waals surface area contributed by atoms with Gasteiger partial charge in [0, 0.05) is 18.0 Å². The summed E-state index contributed by atoms with van der Waals surface area (Å²) >= 11 is 0. The van der Waals surface area contributed by atoms with Gasteiger partial charge in [-0.15, -0.1) is 0 Å². The van der Waals surface area contributed by atoms with E-state index in [0.29, 0.717) is 11.7 Å². The second-order valence-electron chi connectivity index (χ2n) is 4.61. The van der Waals surface area contributed by atoms with Gasteiger partial charge in [-0.3, -0.25) is 9.78 Å². The van der Waals surface area contributed by atoms with Crippen LogP contribution in [0.2, 0.25) is 0 Å². The summed E-state index contributed by atoms with van der Waals surface area (Å²) in [5.74, 6) is 0.866. The Bertz CT molecular complexity index is 577. The summed E-state index contributed by atoms with van der Waals surface area (Å²) in [6.07, 6.45) is 5.24. The van der Waals surface area contributed by atoms with Crippen molar-refractivity contribution in [1.29, 1.82) is 0 Å². The first-order chi connectivity index (χ1) is 9.83. The monoisotopic (exact) mass is 273 g/mol.